The summed E-state index contributed by atoms with van der Waals surface area (Å²) < 4.78 is 32.5. The highest BCUT2D eigenvalue weighted by Gasteiger charge is 2.22. The average Bonchev–Trinajstić information content (AvgIpc) is 2.54. The van der Waals surface area contributed by atoms with Crippen molar-refractivity contribution in [3.63, 3.8) is 0 Å². The molecule has 0 saturated carbocycles. The lowest BCUT2D eigenvalue weighted by Crippen LogP contribution is -2.27. The molecule has 0 amide bonds. The number of benzene rings is 2. The highest BCUT2D eigenvalue weighted by Crippen LogP contribution is 2.24. The van der Waals surface area contributed by atoms with Crippen LogP contribution >= 0.6 is 0 Å². The lowest BCUT2D eigenvalue weighted by molar-refractivity contribution is -0.385. The molecule has 0 radical (unpaired) electrons. The summed E-state index contributed by atoms with van der Waals surface area (Å²) >= 11 is 0. The first kappa shape index (κ1) is 17.9. The van der Waals surface area contributed by atoms with Crippen molar-refractivity contribution in [3.05, 3.63) is 63.7 Å². The van der Waals surface area contributed by atoms with Crippen LogP contribution in [0.2, 0.25) is 0 Å². The van der Waals surface area contributed by atoms with Crippen LogP contribution in [0.5, 0.6) is 5.75 Å². The monoisotopic (exact) mass is 350 g/mol. The van der Waals surface area contributed by atoms with Gasteiger partial charge in [-0.15, -0.1) is 0 Å². The smallest absolute Gasteiger partial charge is 0.273 e. The van der Waals surface area contributed by atoms with E-state index in [1.807, 2.05) is 0 Å². The van der Waals surface area contributed by atoms with E-state index < -0.39 is 21.0 Å². The van der Waals surface area contributed by atoms with E-state index in [4.69, 9.17) is 4.74 Å². The van der Waals surface area contributed by atoms with Gasteiger partial charge in [-0.25, -0.2) is 13.1 Å². The molecule has 0 aliphatic rings. The van der Waals surface area contributed by atoms with E-state index in [9.17, 15) is 18.5 Å². The third kappa shape index (κ3) is 3.90. The largest absolute Gasteiger partial charge is 0.497 e. The van der Waals surface area contributed by atoms with Crippen molar-refractivity contribution in [3.8, 4) is 5.75 Å². The first-order valence-electron chi connectivity index (χ1n) is 7.16. The summed E-state index contributed by atoms with van der Waals surface area (Å²) in [6.45, 7) is 3.25. The summed E-state index contributed by atoms with van der Waals surface area (Å²) in [5, 5.41) is 11.0. The van der Waals surface area contributed by atoms with Crippen LogP contribution in [0.4, 0.5) is 5.69 Å². The van der Waals surface area contributed by atoms with Gasteiger partial charge in [0.25, 0.3) is 5.69 Å². The standard InChI is InChI=1S/C16H18N2O5S/c1-11-4-9-15(10-16(11)18(19)20)24(21,22)17-12(2)13-5-7-14(23-3)8-6-13/h4-10,12,17H,1-3H3/t12-/m0/s1. The van der Waals surface area contributed by atoms with E-state index in [1.54, 1.807) is 45.2 Å². The summed E-state index contributed by atoms with van der Waals surface area (Å²) in [6, 6.07) is 10.3. The van der Waals surface area contributed by atoms with Gasteiger partial charge in [-0.1, -0.05) is 18.2 Å². The quantitative estimate of drug-likeness (QED) is 0.638. The number of nitrogens with zero attached hydrogens (tertiary/aromatic N) is 1. The lowest BCUT2D eigenvalue weighted by atomic mass is 10.1. The van der Waals surface area contributed by atoms with Crippen molar-refractivity contribution in [2.45, 2.75) is 24.8 Å². The summed E-state index contributed by atoms with van der Waals surface area (Å²) in [7, 11) is -2.33. The number of ether oxygens (including phenoxy) is 1. The Morgan fingerprint density at radius 1 is 1.17 bits per heavy atom. The van der Waals surface area contributed by atoms with E-state index >= 15 is 0 Å². The minimum Gasteiger partial charge on any atom is -0.497 e. The predicted octanol–water partition coefficient (Wildman–Crippen LogP) is 2.95. The molecule has 0 spiro atoms. The molecule has 1 atom stereocenters. The summed E-state index contributed by atoms with van der Waals surface area (Å²) in [5.74, 6) is 0.669. The number of methoxy groups -OCH3 is 1. The van der Waals surface area contributed by atoms with Crippen LogP contribution in [-0.4, -0.2) is 20.5 Å². The fourth-order valence-corrected chi connectivity index (χ4v) is 3.47. The van der Waals surface area contributed by atoms with E-state index in [0.717, 1.165) is 11.6 Å². The van der Waals surface area contributed by atoms with Gasteiger partial charge in [-0.05, 0) is 37.6 Å². The molecule has 0 fully saturated rings. The molecule has 128 valence electrons. The SMILES string of the molecule is COc1ccc([C@H](C)NS(=O)(=O)c2ccc(C)c([N+](=O)[O-])c2)cc1. The number of rotatable bonds is 6. The van der Waals surface area contributed by atoms with Crippen molar-refractivity contribution in [2.24, 2.45) is 0 Å². The Balaban J connectivity index is 2.27. The third-order valence-electron chi connectivity index (χ3n) is 3.64. The Labute approximate surface area is 140 Å². The Bertz CT molecular complexity index is 847. The van der Waals surface area contributed by atoms with Gasteiger partial charge in [0.05, 0.1) is 16.9 Å². The van der Waals surface area contributed by atoms with Crippen LogP contribution in [0.25, 0.3) is 0 Å². The van der Waals surface area contributed by atoms with Gasteiger partial charge < -0.3 is 4.74 Å². The van der Waals surface area contributed by atoms with Gasteiger partial charge in [0.2, 0.25) is 10.0 Å². The zero-order valence-electron chi connectivity index (χ0n) is 13.5. The highest BCUT2D eigenvalue weighted by molar-refractivity contribution is 7.89. The molecule has 2 aromatic rings. The van der Waals surface area contributed by atoms with Crippen LogP contribution in [0.3, 0.4) is 0 Å². The van der Waals surface area contributed by atoms with E-state index in [2.05, 4.69) is 4.72 Å². The van der Waals surface area contributed by atoms with E-state index in [0.29, 0.717) is 11.3 Å². The molecule has 0 aromatic heterocycles. The number of hydrogen-bond donors (Lipinski definition) is 1. The molecule has 2 rings (SSSR count). The molecular weight excluding hydrogens is 332 g/mol. The Hall–Kier alpha value is -2.45. The van der Waals surface area contributed by atoms with Crippen LogP contribution in [0.1, 0.15) is 24.1 Å². The van der Waals surface area contributed by atoms with Gasteiger partial charge in [-0.3, -0.25) is 10.1 Å². The maximum absolute atomic E-state index is 12.5. The topological polar surface area (TPSA) is 98.5 Å². The molecule has 0 aliphatic heterocycles. The number of nitrogens with one attached hydrogen (secondary N) is 1. The molecule has 2 aromatic carbocycles. The minimum absolute atomic E-state index is 0.139. The van der Waals surface area contributed by atoms with Crippen LogP contribution in [0, 0.1) is 17.0 Å². The maximum Gasteiger partial charge on any atom is 0.273 e. The van der Waals surface area contributed by atoms with Gasteiger partial charge >= 0.3 is 0 Å². The van der Waals surface area contributed by atoms with Crippen molar-refractivity contribution < 1.29 is 18.1 Å². The molecule has 1 N–H and O–H groups in total. The van der Waals surface area contributed by atoms with Gasteiger partial charge in [-0.2, -0.15) is 0 Å². The number of sulfonamides is 1. The summed E-state index contributed by atoms with van der Waals surface area (Å²) in [5.41, 5.74) is 0.929. The van der Waals surface area contributed by atoms with Gasteiger partial charge in [0.15, 0.2) is 0 Å². The second-order valence-corrected chi connectivity index (χ2v) is 7.04. The Morgan fingerprint density at radius 3 is 2.33 bits per heavy atom. The zero-order chi connectivity index (χ0) is 17.9. The van der Waals surface area contributed by atoms with Crippen molar-refractivity contribution in [1.82, 2.24) is 4.72 Å². The molecule has 24 heavy (non-hydrogen) atoms. The number of nitro groups is 1. The molecule has 8 heteroatoms. The van der Waals surface area contributed by atoms with E-state index in [1.165, 1.54) is 12.1 Å². The normalized spacial score (nSPS) is 12.6. The highest BCUT2D eigenvalue weighted by atomic mass is 32.2. The molecule has 0 unspecified atom stereocenters. The minimum atomic E-state index is -3.88. The van der Waals surface area contributed by atoms with Gasteiger partial charge in [0.1, 0.15) is 5.75 Å². The first-order chi connectivity index (χ1) is 11.2. The van der Waals surface area contributed by atoms with Crippen molar-refractivity contribution in [2.75, 3.05) is 7.11 Å². The zero-order valence-corrected chi connectivity index (χ0v) is 14.3. The fraction of sp³-hybridized carbons (Fsp3) is 0.250. The summed E-state index contributed by atoms with van der Waals surface area (Å²) in [4.78, 5) is 10.2. The third-order valence-corrected chi connectivity index (χ3v) is 5.17. The maximum atomic E-state index is 12.5. The lowest BCUT2D eigenvalue weighted by Gasteiger charge is -2.15. The Kier molecular flexibility index (Phi) is 5.20. The van der Waals surface area contributed by atoms with E-state index in [-0.39, 0.29) is 10.6 Å². The molecular formula is C16H18N2O5S. The molecule has 7 nitrogen and oxygen atoms in total. The number of aryl methyl sites for hydroxylation is 1. The van der Waals surface area contributed by atoms with Crippen molar-refractivity contribution >= 4 is 15.7 Å². The fourth-order valence-electron chi connectivity index (χ4n) is 2.21. The number of nitro benzene ring substituents is 1. The van der Waals surface area contributed by atoms with Crippen molar-refractivity contribution in [1.29, 1.82) is 0 Å². The molecule has 0 saturated heterocycles. The second-order valence-electron chi connectivity index (χ2n) is 5.32. The second kappa shape index (κ2) is 6.98. The summed E-state index contributed by atoms with van der Waals surface area (Å²) in [6.07, 6.45) is 0. The first-order valence-corrected chi connectivity index (χ1v) is 8.64. The molecule has 0 bridgehead atoms. The number of hydrogen-bond acceptors (Lipinski definition) is 5. The Morgan fingerprint density at radius 2 is 1.79 bits per heavy atom. The average molecular weight is 350 g/mol. The molecule has 0 heterocycles. The van der Waals surface area contributed by atoms with Crippen LogP contribution in [0.15, 0.2) is 47.4 Å². The van der Waals surface area contributed by atoms with Crippen LogP contribution in [-0.2, 0) is 10.0 Å². The van der Waals surface area contributed by atoms with Crippen LogP contribution < -0.4 is 9.46 Å². The van der Waals surface area contributed by atoms with Gasteiger partial charge in [0, 0.05) is 17.7 Å². The predicted molar refractivity (Wildman–Crippen MR) is 89.6 cm³/mol. The molecule has 0 aliphatic carbocycles.